The molecule has 0 N–H and O–H groups in total. The molecule has 0 bridgehead atoms. The Morgan fingerprint density at radius 2 is 1.88 bits per heavy atom. The van der Waals surface area contributed by atoms with Crippen molar-refractivity contribution in [1.29, 1.82) is 0 Å². The van der Waals surface area contributed by atoms with Crippen molar-refractivity contribution in [3.05, 3.63) is 0 Å². The predicted molar refractivity (Wildman–Crippen MR) is 23.8 cm³/mol. The molecule has 0 radical (unpaired) electrons. The van der Waals surface area contributed by atoms with E-state index in [-0.39, 0.29) is 34.9 Å². The summed E-state index contributed by atoms with van der Waals surface area (Å²) in [6, 6.07) is 0. The normalized spacial score (nSPS) is 7.12. The zero-order chi connectivity index (χ0) is 5.86. The number of rotatable bonds is 2. The molecule has 0 rings (SSSR count). The van der Waals surface area contributed by atoms with Crippen molar-refractivity contribution in [2.45, 2.75) is 0 Å². The molecule has 0 atom stereocenters. The number of ketones is 1. The van der Waals surface area contributed by atoms with Crippen LogP contribution in [0.1, 0.15) is 0 Å². The molecular formula is C3H2BrNaO3. The minimum Gasteiger partial charge on any atom is -0.542 e. The molecule has 5 heteroatoms. The average molecular weight is 189 g/mol. The van der Waals surface area contributed by atoms with E-state index >= 15 is 0 Å². The van der Waals surface area contributed by atoms with Gasteiger partial charge < -0.3 is 9.90 Å². The summed E-state index contributed by atoms with van der Waals surface area (Å²) in [7, 11) is 0. The van der Waals surface area contributed by atoms with Crippen molar-refractivity contribution in [3.8, 4) is 0 Å². The van der Waals surface area contributed by atoms with Crippen LogP contribution in [0.25, 0.3) is 0 Å². The Morgan fingerprint density at radius 1 is 1.50 bits per heavy atom. The van der Waals surface area contributed by atoms with Gasteiger partial charge in [0.2, 0.25) is 0 Å². The molecule has 40 valence electrons. The summed E-state index contributed by atoms with van der Waals surface area (Å²) in [6.07, 6.45) is 0. The van der Waals surface area contributed by atoms with Crippen molar-refractivity contribution in [2.24, 2.45) is 0 Å². The second-order valence-corrected chi connectivity index (χ2v) is 1.40. The summed E-state index contributed by atoms with van der Waals surface area (Å²) >= 11 is 2.64. The number of aliphatic carboxylic acids is 1. The van der Waals surface area contributed by atoms with Crippen LogP contribution in [0.15, 0.2) is 0 Å². The summed E-state index contributed by atoms with van der Waals surface area (Å²) < 4.78 is 0. The molecule has 0 aromatic rings. The standard InChI is InChI=1S/C3H3BrO3.Na/c4-1-2(5)3(6)7;/h1H2,(H,6,7);/q;+1/p-1. The van der Waals surface area contributed by atoms with E-state index in [1.807, 2.05) is 0 Å². The monoisotopic (exact) mass is 188 g/mol. The third-order valence-corrected chi connectivity index (χ3v) is 0.858. The van der Waals surface area contributed by atoms with Crippen LogP contribution in [0.4, 0.5) is 0 Å². The smallest absolute Gasteiger partial charge is 0.542 e. The Kier molecular flexibility index (Phi) is 8.21. The minimum absolute atomic E-state index is 0. The fourth-order valence-electron chi connectivity index (χ4n) is 0.0546. The maximum Gasteiger partial charge on any atom is 1.00 e. The van der Waals surface area contributed by atoms with E-state index in [0.717, 1.165) is 0 Å². The molecule has 3 nitrogen and oxygen atoms in total. The van der Waals surface area contributed by atoms with E-state index in [0.29, 0.717) is 0 Å². The molecule has 0 aromatic heterocycles. The molecule has 0 unspecified atom stereocenters. The van der Waals surface area contributed by atoms with Crippen LogP contribution < -0.4 is 34.7 Å². The van der Waals surface area contributed by atoms with Crippen LogP contribution in [-0.4, -0.2) is 17.1 Å². The number of hydrogen-bond acceptors (Lipinski definition) is 3. The van der Waals surface area contributed by atoms with Crippen molar-refractivity contribution in [3.63, 3.8) is 0 Å². The van der Waals surface area contributed by atoms with Gasteiger partial charge in [0, 0.05) is 0 Å². The fraction of sp³-hybridized carbons (Fsp3) is 0.333. The molecule has 0 spiro atoms. The van der Waals surface area contributed by atoms with Crippen molar-refractivity contribution in [1.82, 2.24) is 0 Å². The van der Waals surface area contributed by atoms with Crippen LogP contribution in [0.5, 0.6) is 0 Å². The van der Waals surface area contributed by atoms with E-state index in [1.54, 1.807) is 0 Å². The first kappa shape index (κ1) is 11.4. The minimum atomic E-state index is -1.64. The number of alkyl halides is 1. The first-order valence-corrected chi connectivity index (χ1v) is 2.60. The molecular weight excluding hydrogens is 187 g/mol. The first-order chi connectivity index (χ1) is 3.18. The Bertz CT molecular complexity index is 103. The number of carboxylic acid groups (broad SMARTS) is 1. The van der Waals surface area contributed by atoms with Gasteiger partial charge in [-0.15, -0.1) is 0 Å². The number of carboxylic acids is 1. The van der Waals surface area contributed by atoms with Gasteiger partial charge in [0.05, 0.1) is 5.33 Å². The van der Waals surface area contributed by atoms with Crippen molar-refractivity contribution in [2.75, 3.05) is 5.33 Å². The summed E-state index contributed by atoms with van der Waals surface area (Å²) in [6.45, 7) is 0. The average Bonchev–Trinajstić information content (AvgIpc) is 1.65. The SMILES string of the molecule is O=C([O-])C(=O)CBr.[Na+]. The Hall–Kier alpha value is 0.620. The summed E-state index contributed by atoms with van der Waals surface area (Å²) in [5.41, 5.74) is 0. The molecule has 0 aliphatic carbocycles. The molecule has 0 saturated heterocycles. The Balaban J connectivity index is 0. The van der Waals surface area contributed by atoms with Gasteiger partial charge >= 0.3 is 29.6 Å². The summed E-state index contributed by atoms with van der Waals surface area (Å²) in [5.74, 6) is -2.57. The van der Waals surface area contributed by atoms with E-state index in [9.17, 15) is 14.7 Å². The van der Waals surface area contributed by atoms with Crippen LogP contribution >= 0.6 is 15.9 Å². The van der Waals surface area contributed by atoms with Crippen LogP contribution in [0.3, 0.4) is 0 Å². The molecule has 0 aliphatic rings. The van der Waals surface area contributed by atoms with Crippen molar-refractivity contribution < 1.29 is 44.3 Å². The zero-order valence-corrected chi connectivity index (χ0v) is 7.90. The molecule has 0 aromatic carbocycles. The van der Waals surface area contributed by atoms with Gasteiger partial charge in [0.25, 0.3) is 0 Å². The van der Waals surface area contributed by atoms with E-state index in [4.69, 9.17) is 0 Å². The molecule has 0 amide bonds. The number of halogens is 1. The van der Waals surface area contributed by atoms with Gasteiger partial charge in [-0.05, 0) is 0 Å². The van der Waals surface area contributed by atoms with Crippen LogP contribution in [0, 0.1) is 0 Å². The second kappa shape index (κ2) is 5.75. The fourth-order valence-corrected chi connectivity index (χ4v) is 0.283. The van der Waals surface area contributed by atoms with Gasteiger partial charge in [-0.2, -0.15) is 0 Å². The van der Waals surface area contributed by atoms with Gasteiger partial charge in [0.1, 0.15) is 5.97 Å². The van der Waals surface area contributed by atoms with Gasteiger partial charge in [0.15, 0.2) is 5.78 Å². The number of carbonyl (C=O) groups excluding carboxylic acids is 2. The van der Waals surface area contributed by atoms with E-state index < -0.39 is 11.8 Å². The quantitative estimate of drug-likeness (QED) is 0.251. The second-order valence-electron chi connectivity index (χ2n) is 0.844. The molecule has 0 fully saturated rings. The third kappa shape index (κ3) is 4.77. The van der Waals surface area contributed by atoms with Gasteiger partial charge in [-0.25, -0.2) is 0 Å². The largest absolute Gasteiger partial charge is 1.00 e. The van der Waals surface area contributed by atoms with Gasteiger partial charge in [-0.3, -0.25) is 4.79 Å². The summed E-state index contributed by atoms with van der Waals surface area (Å²) in [4.78, 5) is 19.2. The number of hydrogen-bond donors (Lipinski definition) is 0. The van der Waals surface area contributed by atoms with Crippen LogP contribution in [-0.2, 0) is 9.59 Å². The topological polar surface area (TPSA) is 57.2 Å². The van der Waals surface area contributed by atoms with E-state index in [2.05, 4.69) is 15.9 Å². The summed E-state index contributed by atoms with van der Waals surface area (Å²) in [5, 5.41) is 9.27. The van der Waals surface area contributed by atoms with Crippen molar-refractivity contribution >= 4 is 27.7 Å². The molecule has 8 heavy (non-hydrogen) atoms. The zero-order valence-electron chi connectivity index (χ0n) is 4.31. The third-order valence-electron chi connectivity index (χ3n) is 0.349. The maximum atomic E-state index is 9.80. The molecule has 0 aliphatic heterocycles. The molecule has 0 heterocycles. The first-order valence-electron chi connectivity index (χ1n) is 1.48. The number of Topliss-reactive ketones (excluding diaryl/α,β-unsaturated/α-hetero) is 1. The number of carbonyl (C=O) groups is 2. The Labute approximate surface area is 76.9 Å². The maximum absolute atomic E-state index is 9.80. The van der Waals surface area contributed by atoms with E-state index in [1.165, 1.54) is 0 Å². The van der Waals surface area contributed by atoms with Crippen LogP contribution in [0.2, 0.25) is 0 Å². The van der Waals surface area contributed by atoms with Gasteiger partial charge in [-0.1, -0.05) is 15.9 Å². The Morgan fingerprint density at radius 3 is 1.88 bits per heavy atom. The molecule has 0 saturated carbocycles. The predicted octanol–water partition coefficient (Wildman–Crippen LogP) is -4.30.